The summed E-state index contributed by atoms with van der Waals surface area (Å²) in [7, 11) is 0. The first-order valence-electron chi connectivity index (χ1n) is 4.40. The molecule has 0 amide bonds. The molecule has 0 fully saturated rings. The molecule has 2 aromatic heterocycles. The lowest BCUT2D eigenvalue weighted by Gasteiger charge is -1.93. The summed E-state index contributed by atoms with van der Waals surface area (Å²) in [6, 6.07) is 0. The monoisotopic (exact) mass is 193 g/mol. The van der Waals surface area contributed by atoms with Gasteiger partial charge >= 0.3 is 0 Å². The van der Waals surface area contributed by atoms with Crippen molar-refractivity contribution in [2.24, 2.45) is 0 Å². The summed E-state index contributed by atoms with van der Waals surface area (Å²) in [6.45, 7) is 4.51. The lowest BCUT2D eigenvalue weighted by atomic mass is 10.2. The maximum absolute atomic E-state index is 5.05. The third-order valence-electron chi connectivity index (χ3n) is 1.76. The summed E-state index contributed by atoms with van der Waals surface area (Å²) in [5, 5.41) is 7.79. The third-order valence-corrected chi connectivity index (χ3v) is 1.76. The Bertz CT molecular complexity index is 392. The highest BCUT2D eigenvalue weighted by molar-refractivity contribution is 4.91. The van der Waals surface area contributed by atoms with Crippen molar-refractivity contribution in [3.8, 4) is 0 Å². The fourth-order valence-corrected chi connectivity index (χ4v) is 1.02. The van der Waals surface area contributed by atoms with Crippen molar-refractivity contribution in [1.82, 2.24) is 24.9 Å². The molecule has 0 unspecified atom stereocenters. The van der Waals surface area contributed by atoms with E-state index in [0.29, 0.717) is 12.4 Å². The lowest BCUT2D eigenvalue weighted by Crippen LogP contribution is -2.00. The first-order valence-corrected chi connectivity index (χ1v) is 4.40. The maximum Gasteiger partial charge on any atom is 0.248 e. The summed E-state index contributed by atoms with van der Waals surface area (Å²) < 4.78 is 6.69. The average molecular weight is 193 g/mol. The summed E-state index contributed by atoms with van der Waals surface area (Å²) in [5.41, 5.74) is 0. The molecule has 0 bridgehead atoms. The summed E-state index contributed by atoms with van der Waals surface area (Å²) in [6.07, 6.45) is 3.08. The van der Waals surface area contributed by atoms with Crippen molar-refractivity contribution in [3.63, 3.8) is 0 Å². The van der Waals surface area contributed by atoms with Gasteiger partial charge in [0.1, 0.15) is 19.2 Å². The van der Waals surface area contributed by atoms with Gasteiger partial charge in [0.05, 0.1) is 0 Å². The van der Waals surface area contributed by atoms with Gasteiger partial charge in [-0.2, -0.15) is 10.1 Å². The second-order valence-electron chi connectivity index (χ2n) is 3.29. The van der Waals surface area contributed by atoms with Gasteiger partial charge in [-0.1, -0.05) is 19.0 Å². The first-order chi connectivity index (χ1) is 6.75. The second kappa shape index (κ2) is 3.57. The molecular weight excluding hydrogens is 182 g/mol. The quantitative estimate of drug-likeness (QED) is 0.722. The topological polar surface area (TPSA) is 69.6 Å². The van der Waals surface area contributed by atoms with E-state index in [1.54, 1.807) is 11.0 Å². The van der Waals surface area contributed by atoms with E-state index in [1.165, 1.54) is 6.33 Å². The molecule has 2 rings (SSSR count). The van der Waals surface area contributed by atoms with E-state index in [4.69, 9.17) is 4.52 Å². The smallest absolute Gasteiger partial charge is 0.248 e. The van der Waals surface area contributed by atoms with Gasteiger partial charge in [0.15, 0.2) is 5.82 Å². The van der Waals surface area contributed by atoms with Crippen LogP contribution in [0.15, 0.2) is 17.2 Å². The fraction of sp³-hybridized carbons (Fsp3) is 0.500. The Kier molecular flexibility index (Phi) is 2.26. The molecule has 0 radical (unpaired) electrons. The molecule has 0 saturated carbocycles. The van der Waals surface area contributed by atoms with E-state index >= 15 is 0 Å². The highest BCUT2D eigenvalue weighted by Gasteiger charge is 2.09. The average Bonchev–Trinajstić information content (AvgIpc) is 2.75. The van der Waals surface area contributed by atoms with Crippen LogP contribution in [0.3, 0.4) is 0 Å². The van der Waals surface area contributed by atoms with Crippen molar-refractivity contribution in [2.75, 3.05) is 0 Å². The van der Waals surface area contributed by atoms with E-state index in [9.17, 15) is 0 Å². The normalized spacial score (nSPS) is 11.1. The molecular formula is C8H11N5O. The van der Waals surface area contributed by atoms with E-state index in [1.807, 2.05) is 13.8 Å². The van der Waals surface area contributed by atoms with Crippen molar-refractivity contribution in [2.45, 2.75) is 26.3 Å². The third kappa shape index (κ3) is 1.78. The Morgan fingerprint density at radius 2 is 2.36 bits per heavy atom. The zero-order chi connectivity index (χ0) is 9.97. The second-order valence-corrected chi connectivity index (χ2v) is 3.29. The molecule has 0 saturated heterocycles. The van der Waals surface area contributed by atoms with Gasteiger partial charge < -0.3 is 4.52 Å². The van der Waals surface area contributed by atoms with Crippen LogP contribution in [-0.2, 0) is 6.54 Å². The molecule has 6 heteroatoms. The van der Waals surface area contributed by atoms with Crippen molar-refractivity contribution in [1.29, 1.82) is 0 Å². The molecule has 0 spiro atoms. The van der Waals surface area contributed by atoms with E-state index in [0.717, 1.165) is 5.82 Å². The fourth-order valence-electron chi connectivity index (χ4n) is 1.02. The van der Waals surface area contributed by atoms with Gasteiger partial charge in [-0.3, -0.25) is 0 Å². The van der Waals surface area contributed by atoms with Crippen molar-refractivity contribution in [3.05, 3.63) is 24.4 Å². The Morgan fingerprint density at radius 3 is 2.93 bits per heavy atom. The zero-order valence-electron chi connectivity index (χ0n) is 8.08. The molecule has 0 aliphatic rings. The maximum atomic E-state index is 5.05. The molecule has 74 valence electrons. The van der Waals surface area contributed by atoms with Crippen molar-refractivity contribution < 1.29 is 4.52 Å². The van der Waals surface area contributed by atoms with E-state index in [2.05, 4.69) is 20.2 Å². The number of hydrogen-bond acceptors (Lipinski definition) is 5. The molecule has 0 N–H and O–H groups in total. The minimum absolute atomic E-state index is 0.281. The standard InChI is InChI=1S/C8H11N5O/c1-6(2)8-11-7(14-12-8)3-13-5-9-4-10-13/h4-6H,3H2,1-2H3. The molecule has 6 nitrogen and oxygen atoms in total. The van der Waals surface area contributed by atoms with Gasteiger partial charge in [-0.25, -0.2) is 9.67 Å². The number of aromatic nitrogens is 5. The van der Waals surface area contributed by atoms with Gasteiger partial charge in [-0.05, 0) is 0 Å². The SMILES string of the molecule is CC(C)c1noc(Cn2cncn2)n1. The van der Waals surface area contributed by atoms with Crippen LogP contribution in [-0.4, -0.2) is 24.9 Å². The molecule has 0 aromatic carbocycles. The molecule has 2 heterocycles. The lowest BCUT2D eigenvalue weighted by molar-refractivity contribution is 0.359. The van der Waals surface area contributed by atoms with Crippen molar-refractivity contribution >= 4 is 0 Å². The summed E-state index contributed by atoms with van der Waals surface area (Å²) in [4.78, 5) is 8.04. The highest BCUT2D eigenvalue weighted by Crippen LogP contribution is 2.09. The van der Waals surface area contributed by atoms with Gasteiger partial charge in [-0.15, -0.1) is 0 Å². The first kappa shape index (κ1) is 8.86. The van der Waals surface area contributed by atoms with Crippen LogP contribution < -0.4 is 0 Å². The van der Waals surface area contributed by atoms with Crippen LogP contribution >= 0.6 is 0 Å². The van der Waals surface area contributed by atoms with Gasteiger partial charge in [0.2, 0.25) is 5.89 Å². The van der Waals surface area contributed by atoms with Gasteiger partial charge in [0.25, 0.3) is 0 Å². The van der Waals surface area contributed by atoms with Crippen LogP contribution in [0.5, 0.6) is 0 Å². The molecule has 14 heavy (non-hydrogen) atoms. The summed E-state index contributed by atoms with van der Waals surface area (Å²) in [5.74, 6) is 1.56. The van der Waals surface area contributed by atoms with Crippen LogP contribution in [0, 0.1) is 0 Å². The predicted octanol–water partition coefficient (Wildman–Crippen LogP) is 0.833. The highest BCUT2D eigenvalue weighted by atomic mass is 16.5. The molecule has 0 aliphatic heterocycles. The Hall–Kier alpha value is -1.72. The number of nitrogens with zero attached hydrogens (tertiary/aromatic N) is 5. The Labute approximate surface area is 81.0 Å². The summed E-state index contributed by atoms with van der Waals surface area (Å²) >= 11 is 0. The van der Waals surface area contributed by atoms with Gasteiger partial charge in [0, 0.05) is 5.92 Å². The minimum atomic E-state index is 0.281. The molecule has 0 atom stereocenters. The molecule has 2 aromatic rings. The van der Waals surface area contributed by atoms with Crippen LogP contribution in [0.4, 0.5) is 0 Å². The minimum Gasteiger partial charge on any atom is -0.337 e. The number of hydrogen-bond donors (Lipinski definition) is 0. The van der Waals surface area contributed by atoms with E-state index in [-0.39, 0.29) is 5.92 Å². The number of rotatable bonds is 3. The zero-order valence-corrected chi connectivity index (χ0v) is 8.08. The van der Waals surface area contributed by atoms with Crippen LogP contribution in [0.2, 0.25) is 0 Å². The van der Waals surface area contributed by atoms with E-state index < -0.39 is 0 Å². The molecule has 0 aliphatic carbocycles. The van der Waals surface area contributed by atoms with Crippen LogP contribution in [0.1, 0.15) is 31.5 Å². The van der Waals surface area contributed by atoms with Crippen LogP contribution in [0.25, 0.3) is 0 Å². The predicted molar refractivity (Wildman–Crippen MR) is 47.5 cm³/mol. The Morgan fingerprint density at radius 1 is 1.50 bits per heavy atom. The largest absolute Gasteiger partial charge is 0.337 e. The Balaban J connectivity index is 2.11.